The van der Waals surface area contributed by atoms with Crippen molar-refractivity contribution in [1.82, 2.24) is 5.32 Å². The van der Waals surface area contributed by atoms with Gasteiger partial charge >= 0.3 is 0 Å². The standard InChI is InChI=1S/C12H12F2N2OS/c13-7-2-1-3-8(14)9(7)12(17)16-10(11(15)18)6-4-5-6/h1-3,6,10H,4-5H2,(H2,15,18)(H,16,17). The number of rotatable bonds is 4. The van der Waals surface area contributed by atoms with Crippen molar-refractivity contribution in [2.24, 2.45) is 11.7 Å². The summed E-state index contributed by atoms with van der Waals surface area (Å²) in [5.41, 5.74) is 4.91. The second kappa shape index (κ2) is 4.97. The van der Waals surface area contributed by atoms with E-state index >= 15 is 0 Å². The van der Waals surface area contributed by atoms with Gasteiger partial charge in [0.25, 0.3) is 5.91 Å². The maximum Gasteiger partial charge on any atom is 0.257 e. The van der Waals surface area contributed by atoms with Crippen molar-refractivity contribution in [3.05, 3.63) is 35.4 Å². The fraction of sp³-hybridized carbons (Fsp3) is 0.333. The van der Waals surface area contributed by atoms with Gasteiger partial charge in [0.1, 0.15) is 17.2 Å². The Morgan fingerprint density at radius 3 is 2.39 bits per heavy atom. The first-order chi connectivity index (χ1) is 8.50. The lowest BCUT2D eigenvalue weighted by Crippen LogP contribution is -2.45. The first kappa shape index (κ1) is 12.9. The van der Waals surface area contributed by atoms with E-state index < -0.39 is 29.1 Å². The molecule has 1 aliphatic carbocycles. The summed E-state index contributed by atoms with van der Waals surface area (Å²) in [7, 11) is 0. The van der Waals surface area contributed by atoms with Gasteiger partial charge < -0.3 is 11.1 Å². The van der Waals surface area contributed by atoms with E-state index in [1.807, 2.05) is 0 Å². The largest absolute Gasteiger partial charge is 0.392 e. The van der Waals surface area contributed by atoms with Gasteiger partial charge in [-0.05, 0) is 30.9 Å². The van der Waals surface area contributed by atoms with E-state index in [-0.39, 0.29) is 10.9 Å². The highest BCUT2D eigenvalue weighted by Crippen LogP contribution is 2.33. The van der Waals surface area contributed by atoms with E-state index in [1.54, 1.807) is 0 Å². The Hall–Kier alpha value is -1.56. The summed E-state index contributed by atoms with van der Waals surface area (Å²) in [5.74, 6) is -2.44. The summed E-state index contributed by atoms with van der Waals surface area (Å²) in [5, 5.41) is 2.49. The van der Waals surface area contributed by atoms with Crippen molar-refractivity contribution in [1.29, 1.82) is 0 Å². The number of nitrogens with two attached hydrogens (primary N) is 1. The van der Waals surface area contributed by atoms with E-state index in [9.17, 15) is 13.6 Å². The number of halogens is 2. The number of hydrogen-bond donors (Lipinski definition) is 2. The molecule has 1 atom stereocenters. The molecular formula is C12H12F2N2OS. The Morgan fingerprint density at radius 2 is 1.94 bits per heavy atom. The molecule has 0 spiro atoms. The van der Waals surface area contributed by atoms with E-state index in [2.05, 4.69) is 5.32 Å². The average Bonchev–Trinajstić information content (AvgIpc) is 3.09. The molecule has 18 heavy (non-hydrogen) atoms. The summed E-state index contributed by atoms with van der Waals surface area (Å²) in [6.45, 7) is 0. The van der Waals surface area contributed by atoms with Crippen molar-refractivity contribution in [2.45, 2.75) is 18.9 Å². The SMILES string of the molecule is NC(=S)C(NC(=O)c1c(F)cccc1F)C1CC1. The van der Waals surface area contributed by atoms with Crippen molar-refractivity contribution in [3.8, 4) is 0 Å². The van der Waals surface area contributed by atoms with Crippen LogP contribution in [0.1, 0.15) is 23.2 Å². The maximum atomic E-state index is 13.4. The van der Waals surface area contributed by atoms with Crippen molar-refractivity contribution < 1.29 is 13.6 Å². The number of carbonyl (C=O) groups excluding carboxylic acids is 1. The summed E-state index contributed by atoms with van der Waals surface area (Å²) in [6.07, 6.45) is 1.81. The lowest BCUT2D eigenvalue weighted by molar-refractivity contribution is 0.0935. The second-order valence-electron chi connectivity index (χ2n) is 4.29. The van der Waals surface area contributed by atoms with Crippen LogP contribution < -0.4 is 11.1 Å². The monoisotopic (exact) mass is 270 g/mol. The zero-order valence-electron chi connectivity index (χ0n) is 9.45. The predicted molar refractivity (Wildman–Crippen MR) is 67.1 cm³/mol. The molecule has 0 heterocycles. The third-order valence-corrected chi connectivity index (χ3v) is 3.13. The zero-order chi connectivity index (χ0) is 13.3. The van der Waals surface area contributed by atoms with Crippen LogP contribution in [0, 0.1) is 17.6 Å². The van der Waals surface area contributed by atoms with Gasteiger partial charge in [-0.3, -0.25) is 4.79 Å². The number of benzene rings is 1. The van der Waals surface area contributed by atoms with Crippen molar-refractivity contribution in [3.63, 3.8) is 0 Å². The molecule has 0 aromatic heterocycles. The van der Waals surface area contributed by atoms with Crippen LogP contribution in [0.15, 0.2) is 18.2 Å². The van der Waals surface area contributed by atoms with E-state index in [4.69, 9.17) is 18.0 Å². The second-order valence-corrected chi connectivity index (χ2v) is 4.76. The number of nitrogens with one attached hydrogen (secondary N) is 1. The molecule has 1 aromatic rings. The fourth-order valence-corrected chi connectivity index (χ4v) is 2.03. The Morgan fingerprint density at radius 1 is 1.39 bits per heavy atom. The third kappa shape index (κ3) is 2.64. The lowest BCUT2D eigenvalue weighted by atomic mass is 10.1. The molecule has 6 heteroatoms. The van der Waals surface area contributed by atoms with Crippen LogP contribution in [-0.4, -0.2) is 16.9 Å². The normalized spacial score (nSPS) is 16.1. The Labute approximate surface area is 108 Å². The molecule has 2 rings (SSSR count). The minimum atomic E-state index is -0.898. The minimum Gasteiger partial charge on any atom is -0.392 e. The minimum absolute atomic E-state index is 0.141. The van der Waals surface area contributed by atoms with Crippen LogP contribution >= 0.6 is 12.2 Å². The van der Waals surface area contributed by atoms with Crippen LogP contribution in [0.3, 0.4) is 0 Å². The average molecular weight is 270 g/mol. The van der Waals surface area contributed by atoms with Gasteiger partial charge in [0.05, 0.1) is 11.0 Å². The Balaban J connectivity index is 2.18. The van der Waals surface area contributed by atoms with E-state index in [0.29, 0.717) is 0 Å². The summed E-state index contributed by atoms with van der Waals surface area (Å²) in [4.78, 5) is 12.0. The van der Waals surface area contributed by atoms with Crippen LogP contribution in [0.25, 0.3) is 0 Å². The Kier molecular flexibility index (Phi) is 3.56. The number of carbonyl (C=O) groups is 1. The van der Waals surface area contributed by atoms with Gasteiger partial charge in [-0.15, -0.1) is 0 Å². The van der Waals surface area contributed by atoms with Crippen LogP contribution in [0.4, 0.5) is 8.78 Å². The topological polar surface area (TPSA) is 55.1 Å². The molecule has 0 saturated heterocycles. The molecule has 1 fully saturated rings. The highest BCUT2D eigenvalue weighted by atomic mass is 32.1. The van der Waals surface area contributed by atoms with Crippen LogP contribution in [0.2, 0.25) is 0 Å². The van der Waals surface area contributed by atoms with Gasteiger partial charge in [-0.25, -0.2) is 8.78 Å². The lowest BCUT2D eigenvalue weighted by Gasteiger charge is -2.17. The summed E-state index contributed by atoms with van der Waals surface area (Å²) < 4.78 is 26.8. The number of hydrogen-bond acceptors (Lipinski definition) is 2. The van der Waals surface area contributed by atoms with Gasteiger partial charge in [-0.2, -0.15) is 0 Å². The number of thiocarbonyl (C=S) groups is 1. The van der Waals surface area contributed by atoms with Crippen LogP contribution in [0.5, 0.6) is 0 Å². The van der Waals surface area contributed by atoms with Gasteiger partial charge in [0.15, 0.2) is 0 Å². The molecule has 0 radical (unpaired) electrons. The van der Waals surface area contributed by atoms with Crippen molar-refractivity contribution in [2.75, 3.05) is 0 Å². The highest BCUT2D eigenvalue weighted by Gasteiger charge is 2.35. The van der Waals surface area contributed by atoms with Gasteiger partial charge in [0.2, 0.25) is 0 Å². The maximum absolute atomic E-state index is 13.4. The molecule has 0 bridgehead atoms. The van der Waals surface area contributed by atoms with E-state index in [1.165, 1.54) is 6.07 Å². The highest BCUT2D eigenvalue weighted by molar-refractivity contribution is 7.80. The molecule has 1 aromatic carbocycles. The molecule has 3 nitrogen and oxygen atoms in total. The quantitative estimate of drug-likeness (QED) is 0.820. The van der Waals surface area contributed by atoms with Gasteiger partial charge in [0, 0.05) is 0 Å². The first-order valence-electron chi connectivity index (χ1n) is 5.55. The van der Waals surface area contributed by atoms with Crippen molar-refractivity contribution >= 4 is 23.1 Å². The number of amides is 1. The zero-order valence-corrected chi connectivity index (χ0v) is 10.3. The summed E-state index contributed by atoms with van der Waals surface area (Å²) in [6, 6.07) is 2.77. The summed E-state index contributed by atoms with van der Waals surface area (Å²) >= 11 is 4.84. The smallest absolute Gasteiger partial charge is 0.257 e. The van der Waals surface area contributed by atoms with Gasteiger partial charge in [-0.1, -0.05) is 18.3 Å². The fourth-order valence-electron chi connectivity index (χ4n) is 1.78. The molecular weight excluding hydrogens is 258 g/mol. The molecule has 96 valence electrons. The molecule has 0 aliphatic heterocycles. The Bertz CT molecular complexity index is 483. The first-order valence-corrected chi connectivity index (χ1v) is 5.95. The van der Waals surface area contributed by atoms with Crippen LogP contribution in [-0.2, 0) is 0 Å². The predicted octanol–water partition coefficient (Wildman–Crippen LogP) is 1.76. The molecule has 3 N–H and O–H groups in total. The molecule has 1 aliphatic rings. The van der Waals surface area contributed by atoms with E-state index in [0.717, 1.165) is 25.0 Å². The third-order valence-electron chi connectivity index (χ3n) is 2.88. The molecule has 1 unspecified atom stereocenters. The molecule has 1 saturated carbocycles. The molecule has 1 amide bonds.